The summed E-state index contributed by atoms with van der Waals surface area (Å²) >= 11 is 0. The summed E-state index contributed by atoms with van der Waals surface area (Å²) in [6.07, 6.45) is 6.77. The molecule has 0 bridgehead atoms. The molecule has 5 heteroatoms. The van der Waals surface area contributed by atoms with Crippen LogP contribution in [0.2, 0.25) is 0 Å². The van der Waals surface area contributed by atoms with Crippen molar-refractivity contribution in [2.45, 2.75) is 38.8 Å². The van der Waals surface area contributed by atoms with Crippen molar-refractivity contribution in [2.24, 2.45) is 11.8 Å². The second kappa shape index (κ2) is 5.56. The number of amides is 1. The van der Waals surface area contributed by atoms with E-state index < -0.39 is 0 Å². The van der Waals surface area contributed by atoms with Crippen LogP contribution < -0.4 is 0 Å². The molecule has 1 fully saturated rings. The van der Waals surface area contributed by atoms with Crippen LogP contribution >= 0.6 is 0 Å². The fraction of sp³-hybridized carbons (Fsp3) is 0.733. The maximum absolute atomic E-state index is 12.4. The van der Waals surface area contributed by atoms with Crippen LogP contribution in [0, 0.1) is 11.8 Å². The molecule has 1 saturated heterocycles. The molecule has 20 heavy (non-hydrogen) atoms. The Morgan fingerprint density at radius 1 is 1.55 bits per heavy atom. The maximum atomic E-state index is 12.4. The first kappa shape index (κ1) is 13.6. The fourth-order valence-electron chi connectivity index (χ4n) is 3.29. The number of fused-ring (bicyclic) bond motifs is 1. The number of aromatic nitrogens is 2. The number of rotatable bonds is 3. The van der Waals surface area contributed by atoms with Gasteiger partial charge in [0.1, 0.15) is 11.9 Å². The predicted molar refractivity (Wildman–Crippen MR) is 75.2 cm³/mol. The average Bonchev–Trinajstić information content (AvgIpc) is 3.05. The van der Waals surface area contributed by atoms with Crippen LogP contribution in [0.5, 0.6) is 0 Å². The summed E-state index contributed by atoms with van der Waals surface area (Å²) in [5, 5.41) is 0. The van der Waals surface area contributed by atoms with Gasteiger partial charge in [-0.1, -0.05) is 6.92 Å². The first-order valence-corrected chi connectivity index (χ1v) is 7.51. The van der Waals surface area contributed by atoms with Gasteiger partial charge in [-0.05, 0) is 24.7 Å². The Bertz CT molecular complexity index is 485. The second-order valence-electron chi connectivity index (χ2n) is 6.18. The van der Waals surface area contributed by atoms with Gasteiger partial charge in [0.05, 0.1) is 0 Å². The van der Waals surface area contributed by atoms with Gasteiger partial charge < -0.3 is 14.2 Å². The molecule has 0 spiro atoms. The molecular weight excluding hydrogens is 254 g/mol. The number of carbonyl (C=O) groups excluding carboxylic acids is 1. The number of nitrogens with zero attached hydrogens (tertiary/aromatic N) is 3. The van der Waals surface area contributed by atoms with Crippen molar-refractivity contribution in [3.63, 3.8) is 0 Å². The number of aryl methyl sites for hydroxylation is 1. The lowest BCUT2D eigenvalue weighted by Gasteiger charge is -2.30. The van der Waals surface area contributed by atoms with E-state index in [-0.39, 0.29) is 12.0 Å². The highest BCUT2D eigenvalue weighted by Crippen LogP contribution is 2.23. The van der Waals surface area contributed by atoms with Crippen LogP contribution in [0.15, 0.2) is 12.4 Å². The summed E-state index contributed by atoms with van der Waals surface area (Å²) < 4.78 is 7.78. The van der Waals surface area contributed by atoms with Gasteiger partial charge in [0.25, 0.3) is 5.91 Å². The minimum absolute atomic E-state index is 0.145. The zero-order valence-electron chi connectivity index (χ0n) is 12.3. The molecule has 1 aromatic heterocycles. The quantitative estimate of drug-likeness (QED) is 0.837. The van der Waals surface area contributed by atoms with E-state index in [9.17, 15) is 4.79 Å². The predicted octanol–water partition coefficient (Wildman–Crippen LogP) is 1.33. The molecule has 2 aliphatic rings. The van der Waals surface area contributed by atoms with Crippen molar-refractivity contribution in [1.29, 1.82) is 0 Å². The molecule has 0 aliphatic carbocycles. The molecule has 1 amide bonds. The highest BCUT2D eigenvalue weighted by molar-refractivity contribution is 5.81. The lowest BCUT2D eigenvalue weighted by molar-refractivity contribution is -0.141. The monoisotopic (exact) mass is 277 g/mol. The Hall–Kier alpha value is -1.36. The first-order chi connectivity index (χ1) is 9.65. The molecule has 0 N–H and O–H groups in total. The highest BCUT2D eigenvalue weighted by atomic mass is 16.5. The Labute approximate surface area is 119 Å². The lowest BCUT2D eigenvalue weighted by atomic mass is 9.98. The lowest BCUT2D eigenvalue weighted by Crippen LogP contribution is -2.42. The Morgan fingerprint density at radius 3 is 3.15 bits per heavy atom. The van der Waals surface area contributed by atoms with Crippen molar-refractivity contribution < 1.29 is 9.53 Å². The summed E-state index contributed by atoms with van der Waals surface area (Å²) in [6, 6.07) is 0. The zero-order chi connectivity index (χ0) is 14.1. The first-order valence-electron chi connectivity index (χ1n) is 7.51. The second-order valence-corrected chi connectivity index (χ2v) is 6.18. The smallest absolute Gasteiger partial charge is 0.251 e. The standard InChI is InChI=1S/C15H23N3O2/c1-11-5-8-20-14(11)15(19)17(2)9-12-3-4-13-16-6-7-18(13)10-12/h6-7,11-12,14H,3-5,8-10H2,1-2H3/t11-,12+,14+/m1/s1. The van der Waals surface area contributed by atoms with Gasteiger partial charge in [-0.25, -0.2) is 4.98 Å². The topological polar surface area (TPSA) is 47.4 Å². The molecule has 3 heterocycles. The number of ether oxygens (including phenoxy) is 1. The molecular formula is C15H23N3O2. The summed E-state index contributed by atoms with van der Waals surface area (Å²) in [7, 11) is 1.90. The highest BCUT2D eigenvalue weighted by Gasteiger charge is 2.33. The van der Waals surface area contributed by atoms with Gasteiger partial charge in [0.15, 0.2) is 0 Å². The van der Waals surface area contributed by atoms with Gasteiger partial charge in [0.2, 0.25) is 0 Å². The fourth-order valence-corrected chi connectivity index (χ4v) is 3.29. The van der Waals surface area contributed by atoms with Crippen molar-refractivity contribution in [3.8, 4) is 0 Å². The number of likely N-dealkylation sites (N-methyl/N-ethyl adjacent to an activating group) is 1. The van der Waals surface area contributed by atoms with Crippen LogP contribution in [0.3, 0.4) is 0 Å². The molecule has 3 rings (SSSR count). The number of imidazole rings is 1. The molecule has 1 aromatic rings. The summed E-state index contributed by atoms with van der Waals surface area (Å²) in [4.78, 5) is 18.6. The van der Waals surface area contributed by atoms with Gasteiger partial charge in [0, 0.05) is 45.6 Å². The van der Waals surface area contributed by atoms with Gasteiger partial charge >= 0.3 is 0 Å². The molecule has 2 aliphatic heterocycles. The minimum atomic E-state index is -0.229. The molecule has 5 nitrogen and oxygen atoms in total. The Kier molecular flexibility index (Phi) is 3.78. The van der Waals surface area contributed by atoms with Gasteiger partial charge in [-0.2, -0.15) is 0 Å². The van der Waals surface area contributed by atoms with Gasteiger partial charge in [-0.3, -0.25) is 4.79 Å². The zero-order valence-corrected chi connectivity index (χ0v) is 12.3. The van der Waals surface area contributed by atoms with Crippen LogP contribution in [-0.4, -0.2) is 46.7 Å². The van der Waals surface area contributed by atoms with Crippen LogP contribution in [0.25, 0.3) is 0 Å². The minimum Gasteiger partial charge on any atom is -0.368 e. The van der Waals surface area contributed by atoms with E-state index in [2.05, 4.69) is 16.5 Å². The van der Waals surface area contributed by atoms with Crippen LogP contribution in [0.4, 0.5) is 0 Å². The van der Waals surface area contributed by atoms with Gasteiger partial charge in [-0.15, -0.1) is 0 Å². The maximum Gasteiger partial charge on any atom is 0.251 e. The third-order valence-corrected chi connectivity index (χ3v) is 4.57. The largest absolute Gasteiger partial charge is 0.368 e. The Balaban J connectivity index is 1.57. The molecule has 0 radical (unpaired) electrons. The van der Waals surface area contributed by atoms with E-state index in [0.29, 0.717) is 18.4 Å². The molecule has 110 valence electrons. The molecule has 0 aromatic carbocycles. The van der Waals surface area contributed by atoms with Crippen LogP contribution in [-0.2, 0) is 22.5 Å². The Morgan fingerprint density at radius 2 is 2.40 bits per heavy atom. The molecule has 0 saturated carbocycles. The van der Waals surface area contributed by atoms with Crippen molar-refractivity contribution in [1.82, 2.24) is 14.5 Å². The van der Waals surface area contributed by atoms with E-state index >= 15 is 0 Å². The third-order valence-electron chi connectivity index (χ3n) is 4.57. The summed E-state index contributed by atoms with van der Waals surface area (Å²) in [6.45, 7) is 4.59. The van der Waals surface area contributed by atoms with Crippen LogP contribution in [0.1, 0.15) is 25.6 Å². The van der Waals surface area contributed by atoms with E-state index in [4.69, 9.17) is 4.74 Å². The normalized spacial score (nSPS) is 29.2. The SMILES string of the molecule is C[C@@H]1CCO[C@@H]1C(=O)N(C)C[C@@H]1CCc2nccn2C1. The van der Waals surface area contributed by atoms with Crippen molar-refractivity contribution in [2.75, 3.05) is 20.2 Å². The average molecular weight is 277 g/mol. The molecule has 0 unspecified atom stereocenters. The summed E-state index contributed by atoms with van der Waals surface area (Å²) in [5.74, 6) is 2.17. The summed E-state index contributed by atoms with van der Waals surface area (Å²) in [5.41, 5.74) is 0. The number of carbonyl (C=O) groups is 1. The van der Waals surface area contributed by atoms with Crippen molar-refractivity contribution >= 4 is 5.91 Å². The molecule has 3 atom stereocenters. The van der Waals surface area contributed by atoms with E-state index in [0.717, 1.165) is 32.4 Å². The van der Waals surface area contributed by atoms with E-state index in [1.807, 2.05) is 24.3 Å². The van der Waals surface area contributed by atoms with E-state index in [1.165, 1.54) is 5.82 Å². The third kappa shape index (κ3) is 2.59. The van der Waals surface area contributed by atoms with E-state index in [1.54, 1.807) is 0 Å². The number of hydrogen-bond donors (Lipinski definition) is 0. The van der Waals surface area contributed by atoms with Crippen molar-refractivity contribution in [3.05, 3.63) is 18.2 Å². The number of hydrogen-bond acceptors (Lipinski definition) is 3.